The average molecular weight is 393 g/mol. The van der Waals surface area contributed by atoms with Gasteiger partial charge in [0.1, 0.15) is 25.6 Å². The van der Waals surface area contributed by atoms with Gasteiger partial charge in [0.2, 0.25) is 10.0 Å². The van der Waals surface area contributed by atoms with E-state index in [4.69, 9.17) is 9.47 Å². The summed E-state index contributed by atoms with van der Waals surface area (Å²) < 4.78 is 51.7. The number of quaternary nitrogens is 1. The van der Waals surface area contributed by atoms with E-state index in [0.29, 0.717) is 57.4 Å². The number of benzene rings is 2. The van der Waals surface area contributed by atoms with Gasteiger partial charge in [0.05, 0.1) is 31.1 Å². The molecule has 0 bridgehead atoms. The van der Waals surface area contributed by atoms with Crippen molar-refractivity contribution in [2.24, 2.45) is 0 Å². The average Bonchev–Trinajstić information content (AvgIpc) is 2.68. The Morgan fingerprint density at radius 2 is 1.74 bits per heavy atom. The number of sulfonamides is 1. The molecule has 8 heteroatoms. The van der Waals surface area contributed by atoms with Crippen LogP contribution in [-0.2, 0) is 16.6 Å². The molecule has 0 unspecified atom stereocenters. The summed E-state index contributed by atoms with van der Waals surface area (Å²) in [5.41, 5.74) is 0.924. The highest BCUT2D eigenvalue weighted by molar-refractivity contribution is 7.89. The van der Waals surface area contributed by atoms with Gasteiger partial charge in [0, 0.05) is 11.6 Å². The van der Waals surface area contributed by atoms with Crippen molar-refractivity contribution in [1.82, 2.24) is 4.31 Å². The second-order valence-electron chi connectivity index (χ2n) is 6.77. The fourth-order valence-corrected chi connectivity index (χ4v) is 4.95. The number of fused-ring (bicyclic) bond motifs is 1. The molecular formula is C19H22FN2O4S+. The zero-order chi connectivity index (χ0) is 18.9. The van der Waals surface area contributed by atoms with Crippen LogP contribution in [0, 0.1) is 5.82 Å². The van der Waals surface area contributed by atoms with E-state index in [2.05, 4.69) is 0 Å². The van der Waals surface area contributed by atoms with Gasteiger partial charge in [-0.15, -0.1) is 0 Å². The molecule has 2 aromatic carbocycles. The third kappa shape index (κ3) is 3.92. The first kappa shape index (κ1) is 18.2. The lowest BCUT2D eigenvalue weighted by Crippen LogP contribution is -3.13. The quantitative estimate of drug-likeness (QED) is 0.830. The highest BCUT2D eigenvalue weighted by atomic mass is 32.2. The maximum Gasteiger partial charge on any atom is 0.243 e. The molecule has 1 fully saturated rings. The summed E-state index contributed by atoms with van der Waals surface area (Å²) in [6, 6.07) is 11.3. The van der Waals surface area contributed by atoms with Crippen LogP contribution in [0.4, 0.5) is 4.39 Å². The van der Waals surface area contributed by atoms with Gasteiger partial charge in [-0.2, -0.15) is 4.31 Å². The highest BCUT2D eigenvalue weighted by Crippen LogP contribution is 2.33. The molecule has 144 valence electrons. The lowest BCUT2D eigenvalue weighted by Gasteiger charge is -2.31. The van der Waals surface area contributed by atoms with Gasteiger partial charge in [-0.05, 0) is 24.3 Å². The van der Waals surface area contributed by atoms with Gasteiger partial charge >= 0.3 is 0 Å². The molecule has 4 rings (SSSR count). The van der Waals surface area contributed by atoms with Crippen LogP contribution in [0.3, 0.4) is 0 Å². The monoisotopic (exact) mass is 393 g/mol. The predicted octanol–water partition coefficient (Wildman–Crippen LogP) is 0.686. The van der Waals surface area contributed by atoms with Crippen molar-refractivity contribution in [3.05, 3.63) is 53.8 Å². The molecule has 27 heavy (non-hydrogen) atoms. The third-order valence-corrected chi connectivity index (χ3v) is 6.82. The van der Waals surface area contributed by atoms with E-state index in [-0.39, 0.29) is 10.7 Å². The summed E-state index contributed by atoms with van der Waals surface area (Å²) in [7, 11) is -3.57. The van der Waals surface area contributed by atoms with Crippen LogP contribution in [0.2, 0.25) is 0 Å². The first-order valence-electron chi connectivity index (χ1n) is 9.00. The Morgan fingerprint density at radius 3 is 2.48 bits per heavy atom. The van der Waals surface area contributed by atoms with E-state index in [1.54, 1.807) is 18.2 Å². The van der Waals surface area contributed by atoms with Crippen molar-refractivity contribution in [2.75, 3.05) is 39.4 Å². The summed E-state index contributed by atoms with van der Waals surface area (Å²) >= 11 is 0. The molecule has 2 heterocycles. The van der Waals surface area contributed by atoms with Gasteiger partial charge in [-0.3, -0.25) is 0 Å². The second-order valence-corrected chi connectivity index (χ2v) is 8.70. The first-order valence-corrected chi connectivity index (χ1v) is 10.4. The summed E-state index contributed by atoms with van der Waals surface area (Å²) in [6.45, 7) is 3.80. The summed E-state index contributed by atoms with van der Waals surface area (Å²) in [6.07, 6.45) is 0. The fraction of sp³-hybridized carbons (Fsp3) is 0.368. The van der Waals surface area contributed by atoms with Crippen molar-refractivity contribution in [1.29, 1.82) is 0 Å². The minimum absolute atomic E-state index is 0.223. The normalized spacial score (nSPS) is 18.4. The van der Waals surface area contributed by atoms with Gasteiger partial charge in [-0.25, -0.2) is 12.8 Å². The van der Waals surface area contributed by atoms with Gasteiger partial charge < -0.3 is 14.4 Å². The molecule has 0 aromatic heterocycles. The highest BCUT2D eigenvalue weighted by Gasteiger charge is 2.31. The molecular weight excluding hydrogens is 371 g/mol. The zero-order valence-corrected chi connectivity index (χ0v) is 15.7. The Morgan fingerprint density at radius 1 is 1.00 bits per heavy atom. The fourth-order valence-electron chi connectivity index (χ4n) is 3.49. The molecule has 0 amide bonds. The van der Waals surface area contributed by atoms with Crippen molar-refractivity contribution in [2.45, 2.75) is 11.4 Å². The lowest BCUT2D eigenvalue weighted by molar-refractivity contribution is -0.917. The molecule has 1 saturated heterocycles. The zero-order valence-electron chi connectivity index (χ0n) is 14.9. The Labute approximate surface area is 158 Å². The van der Waals surface area contributed by atoms with Crippen LogP contribution < -0.4 is 14.4 Å². The van der Waals surface area contributed by atoms with Gasteiger partial charge in [0.15, 0.2) is 11.5 Å². The number of piperazine rings is 1. The molecule has 0 saturated carbocycles. The van der Waals surface area contributed by atoms with E-state index in [1.165, 1.54) is 27.4 Å². The molecule has 2 aliphatic heterocycles. The third-order valence-electron chi connectivity index (χ3n) is 4.92. The SMILES string of the molecule is O=S(=O)(c1ccc2c(c1)OCCO2)N1CC[NH+](Cc2cccc(F)c2)CC1. The molecule has 1 N–H and O–H groups in total. The smallest absolute Gasteiger partial charge is 0.243 e. The minimum atomic E-state index is -3.57. The van der Waals surface area contributed by atoms with Crippen LogP contribution >= 0.6 is 0 Å². The standard InChI is InChI=1S/C19H21FN2O4S/c20-16-3-1-2-15(12-16)14-21-6-8-22(9-7-21)27(23,24)17-4-5-18-19(13-17)26-11-10-25-18/h1-5,12-13H,6-11,14H2/p+1. The molecule has 2 aliphatic rings. The molecule has 0 radical (unpaired) electrons. The van der Waals surface area contributed by atoms with Crippen LogP contribution in [0.15, 0.2) is 47.4 Å². The number of hydrogen-bond donors (Lipinski definition) is 1. The number of hydrogen-bond acceptors (Lipinski definition) is 4. The van der Waals surface area contributed by atoms with Gasteiger partial charge in [-0.1, -0.05) is 12.1 Å². The molecule has 6 nitrogen and oxygen atoms in total. The van der Waals surface area contributed by atoms with Crippen LogP contribution in [0.1, 0.15) is 5.56 Å². The molecule has 0 spiro atoms. The summed E-state index contributed by atoms with van der Waals surface area (Å²) in [5.74, 6) is 0.800. The number of nitrogens with one attached hydrogen (secondary N) is 1. The van der Waals surface area contributed by atoms with E-state index in [0.717, 1.165) is 5.56 Å². The number of halogens is 1. The summed E-state index contributed by atoms with van der Waals surface area (Å²) in [5, 5.41) is 0. The Balaban J connectivity index is 1.42. The van der Waals surface area contributed by atoms with Crippen molar-refractivity contribution in [3.8, 4) is 11.5 Å². The van der Waals surface area contributed by atoms with Crippen LogP contribution in [0.5, 0.6) is 11.5 Å². The Hall–Kier alpha value is -2.16. The summed E-state index contributed by atoms with van der Waals surface area (Å²) in [4.78, 5) is 1.47. The molecule has 0 aliphatic carbocycles. The lowest BCUT2D eigenvalue weighted by atomic mass is 10.2. The van der Waals surface area contributed by atoms with Crippen LogP contribution in [-0.4, -0.2) is 52.1 Å². The maximum absolute atomic E-state index is 13.3. The second kappa shape index (κ2) is 7.46. The maximum atomic E-state index is 13.3. The Bertz CT molecular complexity index is 927. The Kier molecular flexibility index (Phi) is 5.03. The van der Waals surface area contributed by atoms with E-state index in [9.17, 15) is 12.8 Å². The van der Waals surface area contributed by atoms with Crippen molar-refractivity contribution in [3.63, 3.8) is 0 Å². The van der Waals surface area contributed by atoms with Gasteiger partial charge in [0.25, 0.3) is 0 Å². The number of ether oxygens (including phenoxy) is 2. The predicted molar refractivity (Wildman–Crippen MR) is 97.0 cm³/mol. The first-order chi connectivity index (χ1) is 13.0. The molecule has 0 atom stereocenters. The topological polar surface area (TPSA) is 60.3 Å². The number of rotatable bonds is 4. The van der Waals surface area contributed by atoms with E-state index in [1.807, 2.05) is 6.07 Å². The van der Waals surface area contributed by atoms with Crippen molar-refractivity contribution >= 4 is 10.0 Å². The van der Waals surface area contributed by atoms with Crippen LogP contribution in [0.25, 0.3) is 0 Å². The molecule has 2 aromatic rings. The van der Waals surface area contributed by atoms with E-state index >= 15 is 0 Å². The van der Waals surface area contributed by atoms with Crippen molar-refractivity contribution < 1.29 is 27.2 Å². The largest absolute Gasteiger partial charge is 0.486 e. The number of nitrogens with zero attached hydrogens (tertiary/aromatic N) is 1. The van der Waals surface area contributed by atoms with E-state index < -0.39 is 10.0 Å². The minimum Gasteiger partial charge on any atom is -0.486 e.